The van der Waals surface area contributed by atoms with Crippen LogP contribution in [0.1, 0.15) is 37.8 Å². The molecule has 0 unspecified atom stereocenters. The average Bonchev–Trinajstić information content (AvgIpc) is 2.41. The highest BCUT2D eigenvalue weighted by molar-refractivity contribution is 5.37. The van der Waals surface area contributed by atoms with Crippen molar-refractivity contribution in [3.05, 3.63) is 29.3 Å². The summed E-state index contributed by atoms with van der Waals surface area (Å²) >= 11 is 0. The Hall–Kier alpha value is -1.06. The number of benzene rings is 1. The van der Waals surface area contributed by atoms with E-state index in [1.54, 1.807) is 7.11 Å². The van der Waals surface area contributed by atoms with Gasteiger partial charge in [0.1, 0.15) is 5.75 Å². The molecule has 0 radical (unpaired) electrons. The van der Waals surface area contributed by atoms with Crippen LogP contribution < -0.4 is 10.5 Å². The molecule has 3 nitrogen and oxygen atoms in total. The molecule has 0 spiro atoms. The van der Waals surface area contributed by atoms with Crippen molar-refractivity contribution in [1.82, 2.24) is 4.90 Å². The maximum absolute atomic E-state index is 5.72. The Morgan fingerprint density at radius 2 is 1.95 bits per heavy atom. The SMILES string of the molecule is COc1ccc(CN)cc1CN1CCC(C)(C)CC1. The average molecular weight is 262 g/mol. The van der Waals surface area contributed by atoms with Crippen LogP contribution in [0.3, 0.4) is 0 Å². The van der Waals surface area contributed by atoms with E-state index in [2.05, 4.69) is 24.8 Å². The second-order valence-electron chi connectivity index (χ2n) is 6.29. The molecule has 3 heteroatoms. The van der Waals surface area contributed by atoms with Crippen LogP contribution in [0.15, 0.2) is 18.2 Å². The summed E-state index contributed by atoms with van der Waals surface area (Å²) in [5.41, 5.74) is 8.65. The van der Waals surface area contributed by atoms with Gasteiger partial charge in [0.15, 0.2) is 0 Å². The lowest BCUT2D eigenvalue weighted by molar-refractivity contribution is 0.126. The van der Waals surface area contributed by atoms with Gasteiger partial charge in [-0.2, -0.15) is 0 Å². The number of hydrogen-bond donors (Lipinski definition) is 1. The Morgan fingerprint density at radius 1 is 1.26 bits per heavy atom. The molecule has 0 amide bonds. The Balaban J connectivity index is 2.06. The molecule has 19 heavy (non-hydrogen) atoms. The summed E-state index contributed by atoms with van der Waals surface area (Å²) in [5, 5.41) is 0. The molecular weight excluding hydrogens is 236 g/mol. The number of piperidine rings is 1. The molecule has 1 aromatic carbocycles. The quantitative estimate of drug-likeness (QED) is 0.907. The fourth-order valence-electron chi connectivity index (χ4n) is 2.64. The number of hydrogen-bond acceptors (Lipinski definition) is 3. The Bertz CT molecular complexity index is 419. The first-order valence-electron chi connectivity index (χ1n) is 7.12. The van der Waals surface area contributed by atoms with Crippen molar-refractivity contribution < 1.29 is 4.74 Å². The van der Waals surface area contributed by atoms with Crippen molar-refractivity contribution in [3.63, 3.8) is 0 Å². The summed E-state index contributed by atoms with van der Waals surface area (Å²) < 4.78 is 5.46. The van der Waals surface area contributed by atoms with Gasteiger partial charge in [-0.25, -0.2) is 0 Å². The Labute approximate surface area is 116 Å². The van der Waals surface area contributed by atoms with Crippen LogP contribution in [-0.2, 0) is 13.1 Å². The van der Waals surface area contributed by atoms with E-state index in [4.69, 9.17) is 10.5 Å². The molecule has 106 valence electrons. The molecule has 1 heterocycles. The predicted octanol–water partition coefficient (Wildman–Crippen LogP) is 2.78. The summed E-state index contributed by atoms with van der Waals surface area (Å²) in [6.07, 6.45) is 2.54. The number of nitrogens with zero attached hydrogens (tertiary/aromatic N) is 1. The number of ether oxygens (including phenoxy) is 1. The molecule has 2 N–H and O–H groups in total. The van der Waals surface area contributed by atoms with Crippen molar-refractivity contribution >= 4 is 0 Å². The summed E-state index contributed by atoms with van der Waals surface area (Å²) in [6.45, 7) is 8.61. The normalized spacial score (nSPS) is 19.4. The summed E-state index contributed by atoms with van der Waals surface area (Å²) in [5.74, 6) is 0.974. The number of likely N-dealkylation sites (tertiary alicyclic amines) is 1. The molecule has 1 aliphatic heterocycles. The maximum Gasteiger partial charge on any atom is 0.123 e. The van der Waals surface area contributed by atoms with Crippen molar-refractivity contribution in [2.75, 3.05) is 20.2 Å². The van der Waals surface area contributed by atoms with E-state index in [1.807, 2.05) is 12.1 Å². The minimum atomic E-state index is 0.500. The van der Waals surface area contributed by atoms with Crippen molar-refractivity contribution in [3.8, 4) is 5.75 Å². The number of methoxy groups -OCH3 is 1. The largest absolute Gasteiger partial charge is 0.496 e. The van der Waals surface area contributed by atoms with E-state index in [1.165, 1.54) is 37.1 Å². The lowest BCUT2D eigenvalue weighted by atomic mass is 9.82. The monoisotopic (exact) mass is 262 g/mol. The van der Waals surface area contributed by atoms with Crippen LogP contribution in [0.25, 0.3) is 0 Å². The van der Waals surface area contributed by atoms with E-state index < -0.39 is 0 Å². The highest BCUT2D eigenvalue weighted by atomic mass is 16.5. The van der Waals surface area contributed by atoms with Gasteiger partial charge in [0.05, 0.1) is 7.11 Å². The lowest BCUT2D eigenvalue weighted by Gasteiger charge is -2.37. The molecule has 0 aliphatic carbocycles. The summed E-state index contributed by atoms with van der Waals surface area (Å²) in [4.78, 5) is 2.52. The van der Waals surface area contributed by atoms with Crippen molar-refractivity contribution in [1.29, 1.82) is 0 Å². The van der Waals surface area contributed by atoms with E-state index in [9.17, 15) is 0 Å². The third-order valence-corrected chi connectivity index (χ3v) is 4.18. The molecule has 0 saturated carbocycles. The molecule has 0 aromatic heterocycles. The summed E-state index contributed by atoms with van der Waals surface area (Å²) in [7, 11) is 1.74. The molecule has 0 bridgehead atoms. The van der Waals surface area contributed by atoms with Gasteiger partial charge in [-0.15, -0.1) is 0 Å². The maximum atomic E-state index is 5.72. The van der Waals surface area contributed by atoms with Gasteiger partial charge in [0.2, 0.25) is 0 Å². The van der Waals surface area contributed by atoms with E-state index >= 15 is 0 Å². The van der Waals surface area contributed by atoms with Crippen molar-refractivity contribution in [2.45, 2.75) is 39.8 Å². The number of nitrogens with two attached hydrogens (primary N) is 1. The zero-order valence-electron chi connectivity index (χ0n) is 12.4. The third-order valence-electron chi connectivity index (χ3n) is 4.18. The van der Waals surface area contributed by atoms with Crippen LogP contribution in [0.2, 0.25) is 0 Å². The van der Waals surface area contributed by atoms with Gasteiger partial charge in [-0.3, -0.25) is 4.90 Å². The van der Waals surface area contributed by atoms with Crippen LogP contribution in [-0.4, -0.2) is 25.1 Å². The highest BCUT2D eigenvalue weighted by Crippen LogP contribution is 2.31. The molecule has 0 atom stereocenters. The van der Waals surface area contributed by atoms with E-state index in [-0.39, 0.29) is 0 Å². The highest BCUT2D eigenvalue weighted by Gasteiger charge is 2.25. The zero-order chi connectivity index (χ0) is 13.9. The molecular formula is C16H26N2O. The van der Waals surface area contributed by atoms with Crippen molar-refractivity contribution in [2.24, 2.45) is 11.1 Å². The fourth-order valence-corrected chi connectivity index (χ4v) is 2.64. The van der Waals surface area contributed by atoms with Gasteiger partial charge in [-0.05, 0) is 49.0 Å². The predicted molar refractivity (Wildman–Crippen MR) is 79.2 cm³/mol. The van der Waals surface area contributed by atoms with E-state index in [0.29, 0.717) is 12.0 Å². The standard InChI is InChI=1S/C16H26N2O/c1-16(2)6-8-18(9-7-16)12-14-10-13(11-17)4-5-15(14)19-3/h4-5,10H,6-9,11-12,17H2,1-3H3. The van der Waals surface area contributed by atoms with Gasteiger partial charge in [0.25, 0.3) is 0 Å². The van der Waals surface area contributed by atoms with Crippen LogP contribution in [0.4, 0.5) is 0 Å². The molecule has 1 aromatic rings. The van der Waals surface area contributed by atoms with Gasteiger partial charge >= 0.3 is 0 Å². The first-order chi connectivity index (χ1) is 9.04. The fraction of sp³-hybridized carbons (Fsp3) is 0.625. The second kappa shape index (κ2) is 5.93. The number of rotatable bonds is 4. The van der Waals surface area contributed by atoms with E-state index in [0.717, 1.165) is 12.3 Å². The minimum Gasteiger partial charge on any atom is -0.496 e. The topological polar surface area (TPSA) is 38.5 Å². The molecule has 1 saturated heterocycles. The molecule has 2 rings (SSSR count). The van der Waals surface area contributed by atoms with Gasteiger partial charge < -0.3 is 10.5 Å². The lowest BCUT2D eigenvalue weighted by Crippen LogP contribution is -2.36. The Morgan fingerprint density at radius 3 is 2.53 bits per heavy atom. The third kappa shape index (κ3) is 3.71. The van der Waals surface area contributed by atoms with Crippen LogP contribution >= 0.6 is 0 Å². The first kappa shape index (κ1) is 14.4. The van der Waals surface area contributed by atoms with Gasteiger partial charge in [0, 0.05) is 18.7 Å². The smallest absolute Gasteiger partial charge is 0.123 e. The van der Waals surface area contributed by atoms with Crippen LogP contribution in [0.5, 0.6) is 5.75 Å². The molecule has 1 aliphatic rings. The van der Waals surface area contributed by atoms with Gasteiger partial charge in [-0.1, -0.05) is 19.9 Å². The Kier molecular flexibility index (Phi) is 4.48. The second-order valence-corrected chi connectivity index (χ2v) is 6.29. The summed E-state index contributed by atoms with van der Waals surface area (Å²) in [6, 6.07) is 6.26. The zero-order valence-corrected chi connectivity index (χ0v) is 12.4. The minimum absolute atomic E-state index is 0.500. The first-order valence-corrected chi connectivity index (χ1v) is 7.12. The van der Waals surface area contributed by atoms with Crippen LogP contribution in [0, 0.1) is 5.41 Å². The molecule has 1 fully saturated rings.